The van der Waals surface area contributed by atoms with Crippen molar-refractivity contribution in [3.63, 3.8) is 0 Å². The van der Waals surface area contributed by atoms with Crippen LogP contribution in [0.1, 0.15) is 18.4 Å². The average Bonchev–Trinajstić information content (AvgIpc) is 2.73. The zero-order valence-electron chi connectivity index (χ0n) is 15.4. The molecule has 0 aromatic heterocycles. The van der Waals surface area contributed by atoms with Gasteiger partial charge in [-0.2, -0.15) is 0 Å². The average molecular weight is 364 g/mol. The molecule has 2 aromatic rings. The predicted molar refractivity (Wildman–Crippen MR) is 106 cm³/mol. The zero-order valence-corrected chi connectivity index (χ0v) is 15.4. The molecule has 1 N–H and O–H groups in total. The van der Waals surface area contributed by atoms with Gasteiger partial charge in [-0.05, 0) is 48.7 Å². The molecule has 2 aromatic carbocycles. The highest BCUT2D eigenvalue weighted by Crippen LogP contribution is 2.19. The van der Waals surface area contributed by atoms with E-state index in [1.807, 2.05) is 54.6 Å². The van der Waals surface area contributed by atoms with E-state index in [0.29, 0.717) is 13.1 Å². The van der Waals surface area contributed by atoms with Gasteiger partial charge in [-0.1, -0.05) is 30.3 Å². The smallest absolute Gasteiger partial charge is 0.246 e. The van der Waals surface area contributed by atoms with Crippen LogP contribution >= 0.6 is 0 Å². The van der Waals surface area contributed by atoms with Crippen molar-refractivity contribution in [3.05, 3.63) is 66.2 Å². The molecule has 5 nitrogen and oxygen atoms in total. The Balaban J connectivity index is 1.57. The van der Waals surface area contributed by atoms with Crippen LogP contribution < -0.4 is 10.1 Å². The predicted octanol–water partition coefficient (Wildman–Crippen LogP) is 3.59. The first-order valence-electron chi connectivity index (χ1n) is 9.12. The van der Waals surface area contributed by atoms with Gasteiger partial charge >= 0.3 is 0 Å². The lowest BCUT2D eigenvalue weighted by molar-refractivity contribution is -0.130. The van der Waals surface area contributed by atoms with Crippen molar-refractivity contribution in [2.75, 3.05) is 25.5 Å². The van der Waals surface area contributed by atoms with E-state index in [1.54, 1.807) is 24.2 Å². The minimum atomic E-state index is -0.183. The molecule has 0 radical (unpaired) electrons. The van der Waals surface area contributed by atoms with Crippen molar-refractivity contribution in [3.8, 4) is 5.75 Å². The molecule has 0 saturated carbocycles. The van der Waals surface area contributed by atoms with Crippen molar-refractivity contribution in [1.29, 1.82) is 0 Å². The quantitative estimate of drug-likeness (QED) is 0.825. The fourth-order valence-corrected chi connectivity index (χ4v) is 3.15. The third-order valence-electron chi connectivity index (χ3n) is 4.68. The van der Waals surface area contributed by atoms with Gasteiger partial charge in [-0.15, -0.1) is 0 Å². The number of anilines is 1. The number of hydrogen-bond acceptors (Lipinski definition) is 3. The molecular formula is C22H24N2O3. The molecule has 27 heavy (non-hydrogen) atoms. The van der Waals surface area contributed by atoms with Crippen molar-refractivity contribution in [1.82, 2.24) is 4.90 Å². The molecule has 140 valence electrons. The minimum absolute atomic E-state index is 0.0298. The maximum atomic E-state index is 12.5. The lowest BCUT2D eigenvalue weighted by Crippen LogP contribution is -2.43. The molecular weight excluding hydrogens is 340 g/mol. The largest absolute Gasteiger partial charge is 0.497 e. The lowest BCUT2D eigenvalue weighted by Gasteiger charge is -2.31. The van der Waals surface area contributed by atoms with Gasteiger partial charge in [0.2, 0.25) is 11.8 Å². The van der Waals surface area contributed by atoms with Crippen LogP contribution in [0.5, 0.6) is 5.75 Å². The Labute approximate surface area is 159 Å². The molecule has 1 atom stereocenters. The normalized spacial score (nSPS) is 16.9. The molecule has 1 fully saturated rings. The molecule has 0 spiro atoms. The maximum absolute atomic E-state index is 12.5. The molecule has 0 bridgehead atoms. The van der Waals surface area contributed by atoms with Crippen LogP contribution in [0.4, 0.5) is 5.69 Å². The summed E-state index contributed by atoms with van der Waals surface area (Å²) in [5.74, 6) is 0.500. The summed E-state index contributed by atoms with van der Waals surface area (Å²) in [7, 11) is 1.62. The molecule has 1 heterocycles. The van der Waals surface area contributed by atoms with E-state index in [2.05, 4.69) is 5.32 Å². The van der Waals surface area contributed by atoms with Crippen LogP contribution in [0.15, 0.2) is 60.7 Å². The molecule has 1 aliphatic rings. The first-order valence-corrected chi connectivity index (χ1v) is 9.12. The van der Waals surface area contributed by atoms with E-state index in [1.165, 1.54) is 0 Å². The number of hydrogen-bond donors (Lipinski definition) is 1. The number of nitrogens with one attached hydrogen (secondary N) is 1. The Kier molecular flexibility index (Phi) is 6.26. The second-order valence-corrected chi connectivity index (χ2v) is 6.59. The Hall–Kier alpha value is -3.08. The topological polar surface area (TPSA) is 58.6 Å². The van der Waals surface area contributed by atoms with Gasteiger partial charge in [0.05, 0.1) is 13.0 Å². The standard InChI is InChI=1S/C22H24N2O3/c1-27-20-12-9-17(10-13-20)11-14-21(25)24-15-5-6-18(16-24)22(26)23-19-7-3-2-4-8-19/h2-4,7-14,18H,5-6,15-16H2,1H3,(H,23,26)/b14-11+. The van der Waals surface area contributed by atoms with Crippen LogP contribution in [0.25, 0.3) is 6.08 Å². The van der Waals surface area contributed by atoms with Crippen LogP contribution in [-0.2, 0) is 9.59 Å². The number of likely N-dealkylation sites (tertiary alicyclic amines) is 1. The van der Waals surface area contributed by atoms with Gasteiger partial charge in [0.1, 0.15) is 5.75 Å². The number of carbonyl (C=O) groups is 2. The molecule has 1 saturated heterocycles. The fraction of sp³-hybridized carbons (Fsp3) is 0.273. The summed E-state index contributed by atoms with van der Waals surface area (Å²) >= 11 is 0. The molecule has 3 rings (SSSR count). The summed E-state index contributed by atoms with van der Waals surface area (Å²) in [6.45, 7) is 1.13. The Bertz CT molecular complexity index is 800. The maximum Gasteiger partial charge on any atom is 0.246 e. The number of rotatable bonds is 5. The molecule has 2 amide bonds. The highest BCUT2D eigenvalue weighted by Gasteiger charge is 2.27. The van der Waals surface area contributed by atoms with Gasteiger partial charge in [-0.25, -0.2) is 0 Å². The second kappa shape index (κ2) is 9.03. The minimum Gasteiger partial charge on any atom is -0.497 e. The number of amides is 2. The van der Waals surface area contributed by atoms with Gasteiger partial charge in [-0.3, -0.25) is 9.59 Å². The molecule has 1 aliphatic heterocycles. The number of nitrogens with zero attached hydrogens (tertiary/aromatic N) is 1. The molecule has 1 unspecified atom stereocenters. The van der Waals surface area contributed by atoms with Crippen molar-refractivity contribution >= 4 is 23.6 Å². The van der Waals surface area contributed by atoms with Gasteiger partial charge < -0.3 is 15.0 Å². The summed E-state index contributed by atoms with van der Waals surface area (Å²) in [5, 5.41) is 2.93. The van der Waals surface area contributed by atoms with Crippen LogP contribution in [0.2, 0.25) is 0 Å². The summed E-state index contributed by atoms with van der Waals surface area (Å²) in [5.41, 5.74) is 1.71. The Morgan fingerprint density at radius 3 is 2.56 bits per heavy atom. The van der Waals surface area contributed by atoms with E-state index in [9.17, 15) is 9.59 Å². The van der Waals surface area contributed by atoms with Crippen LogP contribution in [0.3, 0.4) is 0 Å². The summed E-state index contributed by atoms with van der Waals surface area (Å²) in [4.78, 5) is 26.7. The first kappa shape index (κ1) is 18.7. The second-order valence-electron chi connectivity index (χ2n) is 6.59. The number of benzene rings is 2. The number of piperidine rings is 1. The summed E-state index contributed by atoms with van der Waals surface area (Å²) in [6.07, 6.45) is 4.98. The molecule has 0 aliphatic carbocycles. The van der Waals surface area contributed by atoms with Crippen LogP contribution in [0, 0.1) is 5.92 Å². The summed E-state index contributed by atoms with van der Waals surface area (Å²) in [6, 6.07) is 16.9. The number of para-hydroxylation sites is 1. The molecule has 5 heteroatoms. The summed E-state index contributed by atoms with van der Waals surface area (Å²) < 4.78 is 5.13. The Morgan fingerprint density at radius 1 is 1.11 bits per heavy atom. The van der Waals surface area contributed by atoms with E-state index < -0.39 is 0 Å². The third-order valence-corrected chi connectivity index (χ3v) is 4.68. The van der Waals surface area contributed by atoms with Gasteiger partial charge in [0, 0.05) is 24.9 Å². The monoisotopic (exact) mass is 364 g/mol. The van der Waals surface area contributed by atoms with E-state index in [0.717, 1.165) is 29.8 Å². The fourth-order valence-electron chi connectivity index (χ4n) is 3.15. The van der Waals surface area contributed by atoms with E-state index in [-0.39, 0.29) is 17.7 Å². The van der Waals surface area contributed by atoms with Crippen molar-refractivity contribution in [2.45, 2.75) is 12.8 Å². The van der Waals surface area contributed by atoms with Crippen molar-refractivity contribution < 1.29 is 14.3 Å². The van der Waals surface area contributed by atoms with Crippen molar-refractivity contribution in [2.24, 2.45) is 5.92 Å². The van der Waals surface area contributed by atoms with E-state index in [4.69, 9.17) is 4.74 Å². The number of ether oxygens (including phenoxy) is 1. The Morgan fingerprint density at radius 2 is 1.85 bits per heavy atom. The van der Waals surface area contributed by atoms with E-state index >= 15 is 0 Å². The highest BCUT2D eigenvalue weighted by atomic mass is 16.5. The first-order chi connectivity index (χ1) is 13.2. The lowest BCUT2D eigenvalue weighted by atomic mass is 9.97. The number of carbonyl (C=O) groups excluding carboxylic acids is 2. The van der Waals surface area contributed by atoms with Gasteiger partial charge in [0.25, 0.3) is 0 Å². The number of methoxy groups -OCH3 is 1. The third kappa shape index (κ3) is 5.20. The SMILES string of the molecule is COc1ccc(/C=C/C(=O)N2CCCC(C(=O)Nc3ccccc3)C2)cc1. The van der Waals surface area contributed by atoms with Crippen LogP contribution in [-0.4, -0.2) is 36.9 Å². The zero-order chi connectivity index (χ0) is 19.1. The highest BCUT2D eigenvalue weighted by molar-refractivity contribution is 5.95. The van der Waals surface area contributed by atoms with Gasteiger partial charge in [0.15, 0.2) is 0 Å².